The molecule has 3 aromatic heterocycles. The maximum atomic E-state index is 14.5. The summed E-state index contributed by atoms with van der Waals surface area (Å²) in [7, 11) is 1.18. The van der Waals surface area contributed by atoms with E-state index >= 15 is 0 Å². The molecule has 1 saturated heterocycles. The van der Waals surface area contributed by atoms with Crippen molar-refractivity contribution in [2.75, 3.05) is 32.5 Å². The molecule has 0 saturated carbocycles. The van der Waals surface area contributed by atoms with Gasteiger partial charge in [-0.25, -0.2) is 18.9 Å². The lowest BCUT2D eigenvalue weighted by Gasteiger charge is -2.21. The zero-order valence-corrected chi connectivity index (χ0v) is 19.4. The van der Waals surface area contributed by atoms with Crippen LogP contribution >= 0.6 is 0 Å². The van der Waals surface area contributed by atoms with Crippen molar-refractivity contribution in [3.8, 4) is 17.1 Å². The van der Waals surface area contributed by atoms with Crippen molar-refractivity contribution >= 4 is 17.2 Å². The lowest BCUT2D eigenvalue weighted by molar-refractivity contribution is -0.207. The fourth-order valence-electron chi connectivity index (χ4n) is 4.13. The molecule has 4 heterocycles. The number of alkyl halides is 7. The molecule has 1 aliphatic heterocycles. The number of nitrogens with one attached hydrogen (secondary N) is 1. The predicted octanol–water partition coefficient (Wildman–Crippen LogP) is 2.08. The van der Waals surface area contributed by atoms with Gasteiger partial charge in [-0.2, -0.15) is 31.4 Å². The number of aliphatic hydroxyl groups is 1. The van der Waals surface area contributed by atoms with Gasteiger partial charge in [-0.15, -0.1) is 0 Å². The second-order valence-corrected chi connectivity index (χ2v) is 8.50. The van der Waals surface area contributed by atoms with Gasteiger partial charge < -0.3 is 20.9 Å². The molecule has 4 N–H and O–H groups in total. The minimum absolute atomic E-state index is 0.00213. The minimum Gasteiger partial charge on any atom is -0.480 e. The zero-order chi connectivity index (χ0) is 28.0. The van der Waals surface area contributed by atoms with Crippen molar-refractivity contribution in [3.05, 3.63) is 35.8 Å². The summed E-state index contributed by atoms with van der Waals surface area (Å²) in [6.45, 7) is -1.68. The molecule has 17 heteroatoms. The number of aliphatic hydroxyl groups excluding tert-OH is 1. The number of anilines is 1. The third-order valence-corrected chi connectivity index (χ3v) is 5.92. The molecule has 1 fully saturated rings. The third kappa shape index (κ3) is 5.28. The Hall–Kier alpha value is -3.73. The van der Waals surface area contributed by atoms with Crippen molar-refractivity contribution in [2.45, 2.75) is 30.7 Å². The Morgan fingerprint density at radius 2 is 1.95 bits per heavy atom. The summed E-state index contributed by atoms with van der Waals surface area (Å²) in [5.41, 5.74) is 3.59. The van der Waals surface area contributed by atoms with Crippen LogP contribution in [0.5, 0.6) is 5.88 Å². The number of nitrogens with two attached hydrogens (primary N) is 1. The highest BCUT2D eigenvalue weighted by molar-refractivity contribution is 5.98. The Kier molecular flexibility index (Phi) is 7.09. The van der Waals surface area contributed by atoms with Gasteiger partial charge in [0.2, 0.25) is 5.88 Å². The molecule has 206 valence electrons. The van der Waals surface area contributed by atoms with E-state index < -0.39 is 66.6 Å². The van der Waals surface area contributed by atoms with Crippen LogP contribution < -0.4 is 15.8 Å². The van der Waals surface area contributed by atoms with Crippen LogP contribution in [0, 0.1) is 0 Å². The van der Waals surface area contributed by atoms with E-state index in [2.05, 4.69) is 20.4 Å². The quantitative estimate of drug-likeness (QED) is 0.397. The fourth-order valence-corrected chi connectivity index (χ4v) is 4.13. The first-order chi connectivity index (χ1) is 17.7. The SMILES string of the molecule is COc1ncc(-c2cc(C(F)(F)F)c3c(N)ncnn23)cc1C(=O)N[C@@H]1CN(CC(O)C(F)(F)F)C[C@@H]1F. The van der Waals surface area contributed by atoms with Gasteiger partial charge in [-0.05, 0) is 12.1 Å². The van der Waals surface area contributed by atoms with E-state index in [9.17, 15) is 40.6 Å². The third-order valence-electron chi connectivity index (χ3n) is 5.92. The highest BCUT2D eigenvalue weighted by Crippen LogP contribution is 2.39. The van der Waals surface area contributed by atoms with Gasteiger partial charge in [-0.1, -0.05) is 0 Å². The van der Waals surface area contributed by atoms with E-state index in [1.807, 2.05) is 0 Å². The first-order valence-electron chi connectivity index (χ1n) is 10.9. The number of likely N-dealkylation sites (tertiary alicyclic amines) is 1. The lowest BCUT2D eigenvalue weighted by Crippen LogP contribution is -2.43. The van der Waals surface area contributed by atoms with E-state index in [0.717, 1.165) is 34.1 Å². The smallest absolute Gasteiger partial charge is 0.418 e. The topological polar surface area (TPSA) is 131 Å². The number of pyridine rings is 1. The molecule has 0 spiro atoms. The molecule has 1 amide bonds. The summed E-state index contributed by atoms with van der Waals surface area (Å²) in [5.74, 6) is -1.61. The molecule has 1 aliphatic rings. The highest BCUT2D eigenvalue weighted by atomic mass is 19.4. The van der Waals surface area contributed by atoms with E-state index in [-0.39, 0.29) is 29.2 Å². The van der Waals surface area contributed by atoms with Gasteiger partial charge in [0.15, 0.2) is 11.9 Å². The average molecular weight is 551 g/mol. The zero-order valence-electron chi connectivity index (χ0n) is 19.4. The maximum absolute atomic E-state index is 14.5. The Morgan fingerprint density at radius 1 is 1.24 bits per heavy atom. The number of methoxy groups -OCH3 is 1. The minimum atomic E-state index is -4.89. The van der Waals surface area contributed by atoms with Crippen LogP contribution in [0.1, 0.15) is 15.9 Å². The van der Waals surface area contributed by atoms with Gasteiger partial charge in [-0.3, -0.25) is 9.69 Å². The summed E-state index contributed by atoms with van der Waals surface area (Å²) in [4.78, 5) is 21.6. The molecule has 4 rings (SSSR count). The molecule has 3 atom stereocenters. The summed E-state index contributed by atoms with van der Waals surface area (Å²) in [6, 6.07) is 0.661. The average Bonchev–Trinajstić information content (AvgIpc) is 3.39. The normalized spacial score (nSPS) is 19.6. The number of carbonyl (C=O) groups excluding carboxylic acids is 1. The van der Waals surface area contributed by atoms with E-state index in [1.54, 1.807) is 0 Å². The van der Waals surface area contributed by atoms with Crippen molar-refractivity contribution in [2.24, 2.45) is 0 Å². The Labute approximate surface area is 209 Å². The van der Waals surface area contributed by atoms with Gasteiger partial charge >= 0.3 is 12.4 Å². The van der Waals surface area contributed by atoms with Crippen LogP contribution in [0.3, 0.4) is 0 Å². The molecular formula is C21H20F7N7O3. The number of amides is 1. The Balaban J connectivity index is 1.63. The molecule has 0 aliphatic carbocycles. The molecule has 38 heavy (non-hydrogen) atoms. The highest BCUT2D eigenvalue weighted by Gasteiger charge is 2.43. The summed E-state index contributed by atoms with van der Waals surface area (Å²) in [6.07, 6.45) is -12.1. The summed E-state index contributed by atoms with van der Waals surface area (Å²) in [5, 5.41) is 15.4. The number of hydrogen-bond donors (Lipinski definition) is 3. The van der Waals surface area contributed by atoms with Crippen molar-refractivity contribution < 1.29 is 45.4 Å². The molecule has 10 nitrogen and oxygen atoms in total. The maximum Gasteiger partial charge on any atom is 0.418 e. The van der Waals surface area contributed by atoms with E-state index in [0.29, 0.717) is 0 Å². The van der Waals surface area contributed by atoms with E-state index in [1.165, 1.54) is 7.11 Å². The van der Waals surface area contributed by atoms with Gasteiger partial charge in [0, 0.05) is 31.4 Å². The van der Waals surface area contributed by atoms with Crippen LogP contribution in [0.25, 0.3) is 16.8 Å². The number of halogens is 7. The second-order valence-electron chi connectivity index (χ2n) is 8.50. The van der Waals surface area contributed by atoms with Crippen LogP contribution in [0.15, 0.2) is 24.7 Å². The van der Waals surface area contributed by atoms with Crippen molar-refractivity contribution in [1.82, 2.24) is 29.8 Å². The largest absolute Gasteiger partial charge is 0.480 e. The standard InChI is InChI=1S/C21H20F7N7O3/c1-38-19-10(18(37)33-13-6-34(5-12(13)22)7-15(36)21(26,27)28)2-9(4-30-19)14-3-11(20(23,24)25)16-17(29)31-8-32-35(14)16/h2-4,8,12-13,15,36H,5-7H2,1H3,(H,33,37)(H2,29,31,32)/t12-,13+,15?/m0/s1. The Bertz CT molecular complexity index is 1350. The Morgan fingerprint density at radius 3 is 2.58 bits per heavy atom. The molecule has 0 bridgehead atoms. The number of aromatic nitrogens is 4. The predicted molar refractivity (Wildman–Crippen MR) is 117 cm³/mol. The number of nitrogen functional groups attached to an aromatic ring is 1. The molecule has 0 radical (unpaired) electrons. The van der Waals surface area contributed by atoms with Crippen LogP contribution in [0.4, 0.5) is 36.6 Å². The summed E-state index contributed by atoms with van der Waals surface area (Å²) >= 11 is 0. The van der Waals surface area contributed by atoms with E-state index in [4.69, 9.17) is 10.5 Å². The first kappa shape index (κ1) is 27.3. The fraction of sp³-hybridized carbons (Fsp3) is 0.429. The van der Waals surface area contributed by atoms with Crippen molar-refractivity contribution in [3.63, 3.8) is 0 Å². The monoisotopic (exact) mass is 551 g/mol. The number of nitrogens with zero attached hydrogens (tertiary/aromatic N) is 5. The second kappa shape index (κ2) is 9.86. The lowest BCUT2D eigenvalue weighted by atomic mass is 10.1. The van der Waals surface area contributed by atoms with Gasteiger partial charge in [0.05, 0.1) is 24.4 Å². The molecule has 0 aromatic carbocycles. The summed E-state index contributed by atoms with van der Waals surface area (Å²) < 4.78 is 99.3. The number of β-amino-alcohol motifs (C(OH)–C–C–N with tert-alkyl or cyclic N) is 1. The van der Waals surface area contributed by atoms with Crippen LogP contribution in [0.2, 0.25) is 0 Å². The van der Waals surface area contributed by atoms with Crippen LogP contribution in [-0.2, 0) is 6.18 Å². The van der Waals surface area contributed by atoms with Crippen LogP contribution in [-0.4, -0.2) is 86.7 Å². The first-order valence-corrected chi connectivity index (χ1v) is 10.9. The molecule has 3 aromatic rings. The number of hydrogen-bond acceptors (Lipinski definition) is 8. The number of carbonyl (C=O) groups is 1. The van der Waals surface area contributed by atoms with Crippen molar-refractivity contribution in [1.29, 1.82) is 0 Å². The number of ether oxygens (including phenoxy) is 1. The number of fused-ring (bicyclic) bond motifs is 1. The van der Waals surface area contributed by atoms with Gasteiger partial charge in [0.25, 0.3) is 5.91 Å². The number of rotatable bonds is 6. The molecular weight excluding hydrogens is 531 g/mol. The molecule has 1 unspecified atom stereocenters. The van der Waals surface area contributed by atoms with Gasteiger partial charge in [0.1, 0.15) is 23.6 Å².